The zero-order valence-corrected chi connectivity index (χ0v) is 17.1. The Morgan fingerprint density at radius 3 is 2.58 bits per heavy atom. The fraction of sp³-hybridized carbons (Fsp3) is 0.136. The number of ether oxygens (including phenoxy) is 1. The molecule has 9 heteroatoms. The first-order valence-corrected chi connectivity index (χ1v) is 9.57. The molecular formula is C22H21N6O3+. The van der Waals surface area contributed by atoms with Crippen molar-refractivity contribution in [2.45, 2.75) is 13.5 Å². The van der Waals surface area contributed by atoms with Gasteiger partial charge in [0.1, 0.15) is 0 Å². The van der Waals surface area contributed by atoms with Crippen LogP contribution in [0.15, 0.2) is 71.5 Å². The number of para-hydroxylation sites is 1. The number of methoxy groups -OCH3 is 1. The summed E-state index contributed by atoms with van der Waals surface area (Å²) in [6.45, 7) is 2.41. The largest absolute Gasteiger partial charge is 0.467 e. The molecule has 31 heavy (non-hydrogen) atoms. The molecule has 2 aromatic carbocycles. The topological polar surface area (TPSA) is 106 Å². The second-order valence-corrected chi connectivity index (χ2v) is 6.76. The lowest BCUT2D eigenvalue weighted by Crippen LogP contribution is -2.35. The lowest BCUT2D eigenvalue weighted by atomic mass is 10.0. The van der Waals surface area contributed by atoms with E-state index in [1.807, 2.05) is 49.4 Å². The van der Waals surface area contributed by atoms with E-state index in [2.05, 4.69) is 25.9 Å². The lowest BCUT2D eigenvalue weighted by molar-refractivity contribution is -0.754. The number of aryl methyl sites for hydroxylation is 1. The molecule has 0 aliphatic carbocycles. The summed E-state index contributed by atoms with van der Waals surface area (Å²) in [5.41, 5.74) is 4.50. The summed E-state index contributed by atoms with van der Waals surface area (Å²) in [6, 6.07) is 17.1. The molecule has 2 amide bonds. The molecule has 2 aromatic heterocycles. The van der Waals surface area contributed by atoms with E-state index in [1.165, 1.54) is 0 Å². The fourth-order valence-electron chi connectivity index (χ4n) is 3.01. The summed E-state index contributed by atoms with van der Waals surface area (Å²) >= 11 is 0. The smallest absolute Gasteiger partial charge is 0.326 e. The average molecular weight is 417 g/mol. The highest BCUT2D eigenvalue weighted by Gasteiger charge is 2.15. The summed E-state index contributed by atoms with van der Waals surface area (Å²) in [6.07, 6.45) is 3.38. The molecule has 156 valence electrons. The van der Waals surface area contributed by atoms with Gasteiger partial charge in [-0.2, -0.15) is 4.98 Å². The van der Waals surface area contributed by atoms with E-state index in [0.717, 1.165) is 22.4 Å². The van der Waals surface area contributed by atoms with Gasteiger partial charge in [0.05, 0.1) is 12.8 Å². The maximum absolute atomic E-state index is 12.1. The van der Waals surface area contributed by atoms with Gasteiger partial charge in [-0.1, -0.05) is 42.5 Å². The summed E-state index contributed by atoms with van der Waals surface area (Å²) in [5.74, 6) is 0.246. The van der Waals surface area contributed by atoms with Crippen LogP contribution >= 0.6 is 0 Å². The highest BCUT2D eigenvalue weighted by molar-refractivity contribution is 5.98. The van der Waals surface area contributed by atoms with Gasteiger partial charge in [0.15, 0.2) is 0 Å². The summed E-state index contributed by atoms with van der Waals surface area (Å²) in [5, 5.41) is 9.29. The molecule has 0 radical (unpaired) electrons. The average Bonchev–Trinajstić information content (AvgIpc) is 3.21. The molecule has 0 saturated heterocycles. The van der Waals surface area contributed by atoms with Crippen LogP contribution in [-0.2, 0) is 6.54 Å². The molecule has 2 heterocycles. The number of benzene rings is 2. The summed E-state index contributed by atoms with van der Waals surface area (Å²) < 4.78 is 11.9. The van der Waals surface area contributed by atoms with Crippen LogP contribution in [0.25, 0.3) is 11.1 Å². The first-order valence-electron chi connectivity index (χ1n) is 9.57. The molecule has 9 nitrogen and oxygen atoms in total. The molecule has 4 rings (SSSR count). The van der Waals surface area contributed by atoms with E-state index in [9.17, 15) is 4.79 Å². The van der Waals surface area contributed by atoms with Crippen LogP contribution < -0.4 is 20.1 Å². The van der Waals surface area contributed by atoms with Crippen LogP contribution in [0.5, 0.6) is 6.01 Å². The van der Waals surface area contributed by atoms with Crippen LogP contribution in [0.1, 0.15) is 11.3 Å². The van der Waals surface area contributed by atoms with E-state index in [4.69, 9.17) is 9.26 Å². The minimum atomic E-state index is -0.407. The Kier molecular flexibility index (Phi) is 5.84. The summed E-state index contributed by atoms with van der Waals surface area (Å²) in [4.78, 5) is 20.5. The zero-order chi connectivity index (χ0) is 21.6. The van der Waals surface area contributed by atoms with Crippen molar-refractivity contribution < 1.29 is 18.7 Å². The highest BCUT2D eigenvalue weighted by Crippen LogP contribution is 2.23. The number of anilines is 2. The van der Waals surface area contributed by atoms with Gasteiger partial charge in [0.25, 0.3) is 6.20 Å². The molecule has 0 fully saturated rings. The molecular weight excluding hydrogens is 396 g/mol. The van der Waals surface area contributed by atoms with E-state index in [1.54, 1.807) is 36.3 Å². The Balaban J connectivity index is 1.38. The van der Waals surface area contributed by atoms with Crippen LogP contribution in [0.3, 0.4) is 0 Å². The van der Waals surface area contributed by atoms with Crippen LogP contribution in [0.4, 0.5) is 16.4 Å². The Bertz CT molecular complexity index is 1180. The third-order valence-corrected chi connectivity index (χ3v) is 4.53. The van der Waals surface area contributed by atoms with Gasteiger partial charge in [0.2, 0.25) is 11.8 Å². The molecule has 0 saturated carbocycles. The maximum Gasteiger partial charge on any atom is 0.326 e. The predicted octanol–water partition coefficient (Wildman–Crippen LogP) is 3.43. The standard InChI is InChI=1S/C22H20N6O3/c1-15-19(12-23-22(24-15)30-2)17-10-8-16(9-11-17)13-28-14-20(31-27-28)26-21(29)25-18-6-4-3-5-7-18/h3-12,14H,13H2,1-2H3,(H-,25,26,27,29)/p+1. The lowest BCUT2D eigenvalue weighted by Gasteiger charge is -2.06. The molecule has 0 unspecified atom stereocenters. The first-order chi connectivity index (χ1) is 15.1. The second-order valence-electron chi connectivity index (χ2n) is 6.76. The van der Waals surface area contributed by atoms with Gasteiger partial charge in [-0.3, -0.25) is 9.84 Å². The monoisotopic (exact) mass is 417 g/mol. The fourth-order valence-corrected chi connectivity index (χ4v) is 3.01. The number of nitrogens with one attached hydrogen (secondary N) is 2. The Labute approximate surface area is 178 Å². The molecule has 0 aliphatic heterocycles. The number of hydrogen-bond acceptors (Lipinski definition) is 6. The van der Waals surface area contributed by atoms with Crippen molar-refractivity contribution in [3.8, 4) is 17.1 Å². The number of carbonyl (C=O) groups is 1. The van der Waals surface area contributed by atoms with Crippen molar-refractivity contribution in [3.05, 3.63) is 78.2 Å². The molecule has 2 N–H and O–H groups in total. The Morgan fingerprint density at radius 1 is 1.10 bits per heavy atom. The van der Waals surface area contributed by atoms with Crippen LogP contribution in [0, 0.1) is 6.92 Å². The van der Waals surface area contributed by atoms with Crippen molar-refractivity contribution in [1.29, 1.82) is 0 Å². The number of aromatic nitrogens is 4. The van der Waals surface area contributed by atoms with Gasteiger partial charge in [0, 0.05) is 23.0 Å². The number of amides is 2. The maximum atomic E-state index is 12.1. The van der Waals surface area contributed by atoms with E-state index in [-0.39, 0.29) is 5.88 Å². The van der Waals surface area contributed by atoms with Crippen LogP contribution in [0.2, 0.25) is 0 Å². The minimum absolute atomic E-state index is 0.246. The first kappa shape index (κ1) is 20.0. The molecule has 4 aromatic rings. The minimum Gasteiger partial charge on any atom is -0.467 e. The highest BCUT2D eigenvalue weighted by atomic mass is 16.5. The van der Waals surface area contributed by atoms with Gasteiger partial charge < -0.3 is 10.1 Å². The van der Waals surface area contributed by atoms with Gasteiger partial charge >= 0.3 is 17.9 Å². The molecule has 0 aliphatic rings. The number of carbonyl (C=O) groups excluding carboxylic acids is 1. The number of rotatable bonds is 6. The number of nitrogens with zero attached hydrogens (tertiary/aromatic N) is 4. The van der Waals surface area contributed by atoms with Gasteiger partial charge in [-0.15, -0.1) is 0 Å². The molecule has 0 spiro atoms. The summed E-state index contributed by atoms with van der Waals surface area (Å²) in [7, 11) is 1.54. The zero-order valence-electron chi connectivity index (χ0n) is 17.1. The van der Waals surface area contributed by atoms with Gasteiger partial charge in [-0.25, -0.2) is 9.78 Å². The normalized spacial score (nSPS) is 10.5. The van der Waals surface area contributed by atoms with Crippen molar-refractivity contribution >= 4 is 17.6 Å². The van der Waals surface area contributed by atoms with E-state index in [0.29, 0.717) is 18.2 Å². The SMILES string of the molecule is COc1ncc(-c2ccc(C[n+]3cc(NC(=O)Nc4ccccc4)on3)cc2)c(C)n1. The Morgan fingerprint density at radius 2 is 1.87 bits per heavy atom. The third-order valence-electron chi connectivity index (χ3n) is 4.53. The molecule has 0 bridgehead atoms. The van der Waals surface area contributed by atoms with Crippen LogP contribution in [-0.4, -0.2) is 28.4 Å². The third kappa shape index (κ3) is 5.02. The van der Waals surface area contributed by atoms with Gasteiger partial charge in [-0.05, 0) is 29.3 Å². The number of urea groups is 1. The number of hydrogen-bond donors (Lipinski definition) is 2. The quantitative estimate of drug-likeness (QED) is 0.466. The van der Waals surface area contributed by atoms with Crippen molar-refractivity contribution in [1.82, 2.24) is 15.2 Å². The van der Waals surface area contributed by atoms with Crippen molar-refractivity contribution in [3.63, 3.8) is 0 Å². The predicted molar refractivity (Wildman–Crippen MR) is 114 cm³/mol. The van der Waals surface area contributed by atoms with E-state index < -0.39 is 6.03 Å². The molecule has 0 atom stereocenters. The van der Waals surface area contributed by atoms with E-state index >= 15 is 0 Å². The van der Waals surface area contributed by atoms with Crippen molar-refractivity contribution in [2.24, 2.45) is 0 Å². The second kappa shape index (κ2) is 9.04. The Hall–Kier alpha value is -4.27. The van der Waals surface area contributed by atoms with Crippen molar-refractivity contribution in [2.75, 3.05) is 17.7 Å².